The van der Waals surface area contributed by atoms with Gasteiger partial charge in [0.15, 0.2) is 9.84 Å². The predicted octanol–water partition coefficient (Wildman–Crippen LogP) is 7.40. The topological polar surface area (TPSA) is 74.6 Å². The van der Waals surface area contributed by atoms with Gasteiger partial charge in [-0.25, -0.2) is 8.42 Å². The summed E-state index contributed by atoms with van der Waals surface area (Å²) in [6, 6.07) is 7.33. The van der Waals surface area contributed by atoms with Crippen LogP contribution in [0.3, 0.4) is 0 Å². The van der Waals surface area contributed by atoms with Crippen molar-refractivity contribution in [1.29, 1.82) is 0 Å². The largest absolute Gasteiger partial charge is 0.507 e. The summed E-state index contributed by atoms with van der Waals surface area (Å²) in [6.45, 7) is 24.2. The predicted molar refractivity (Wildman–Crippen MR) is 147 cm³/mol. The van der Waals surface area contributed by atoms with Crippen LogP contribution in [-0.4, -0.2) is 18.6 Å². The summed E-state index contributed by atoms with van der Waals surface area (Å²) < 4.78 is 26.9. The highest BCUT2D eigenvalue weighted by Gasteiger charge is 2.30. The van der Waals surface area contributed by atoms with Crippen LogP contribution in [0.15, 0.2) is 24.3 Å². The van der Waals surface area contributed by atoms with Crippen molar-refractivity contribution in [3.05, 3.63) is 57.6 Å². The minimum Gasteiger partial charge on any atom is -0.507 e. The van der Waals surface area contributed by atoms with Crippen molar-refractivity contribution < 1.29 is 18.6 Å². The quantitative estimate of drug-likeness (QED) is 0.457. The van der Waals surface area contributed by atoms with Gasteiger partial charge < -0.3 is 10.2 Å². The summed E-state index contributed by atoms with van der Waals surface area (Å²) in [6.07, 6.45) is 0. The minimum atomic E-state index is -3.53. The van der Waals surface area contributed by atoms with Crippen LogP contribution in [0.2, 0.25) is 0 Å². The lowest BCUT2D eigenvalue weighted by atomic mass is 9.78. The molecule has 0 bridgehead atoms. The molecule has 0 saturated carbocycles. The van der Waals surface area contributed by atoms with Crippen molar-refractivity contribution in [2.24, 2.45) is 0 Å². The van der Waals surface area contributed by atoms with Crippen LogP contribution in [-0.2, 0) is 43.0 Å². The summed E-state index contributed by atoms with van der Waals surface area (Å²) in [5.74, 6) is 0.259. The minimum absolute atomic E-state index is 0.115. The fourth-order valence-corrected chi connectivity index (χ4v) is 5.85. The zero-order valence-corrected chi connectivity index (χ0v) is 24.7. The summed E-state index contributed by atoms with van der Waals surface area (Å²) in [7, 11) is -3.53. The highest BCUT2D eigenvalue weighted by atomic mass is 32.2. The van der Waals surface area contributed by atoms with Crippen molar-refractivity contribution in [3.63, 3.8) is 0 Å². The summed E-state index contributed by atoms with van der Waals surface area (Å²) in [5, 5.41) is 22.0. The SMILES string of the molecule is CC(C)(C)c1cc(CS(=O)(=O)Cc2cc(C(C)(C)C)c(O)c(C(C)(C)C)c2)cc(C(C)(C)C)c1O. The second-order valence-electron chi connectivity index (χ2n) is 14.1. The molecule has 196 valence electrons. The zero-order valence-electron chi connectivity index (χ0n) is 23.8. The van der Waals surface area contributed by atoms with Gasteiger partial charge in [-0.05, 0) is 55.0 Å². The van der Waals surface area contributed by atoms with Crippen LogP contribution < -0.4 is 0 Å². The molecule has 0 spiro atoms. The molecule has 35 heavy (non-hydrogen) atoms. The molecule has 0 aliphatic carbocycles. The first-order valence-electron chi connectivity index (χ1n) is 12.4. The molecule has 0 unspecified atom stereocenters. The summed E-state index contributed by atoms with van der Waals surface area (Å²) in [5.41, 5.74) is 3.07. The standard InChI is InChI=1S/C30H46O4S/c1-27(2,3)21-13-19(14-22(25(21)31)28(4,5)6)17-35(33,34)18-20-15-23(29(7,8)9)26(32)24(16-20)30(10,11)12/h13-16,31-32H,17-18H2,1-12H3. The van der Waals surface area contributed by atoms with E-state index in [4.69, 9.17) is 0 Å². The van der Waals surface area contributed by atoms with Crippen LogP contribution in [0.25, 0.3) is 0 Å². The Morgan fingerprint density at radius 3 is 0.886 bits per heavy atom. The van der Waals surface area contributed by atoms with Gasteiger partial charge in [0.25, 0.3) is 0 Å². The van der Waals surface area contributed by atoms with E-state index in [1.807, 2.05) is 107 Å². The summed E-state index contributed by atoms with van der Waals surface area (Å²) >= 11 is 0. The Kier molecular flexibility index (Phi) is 7.63. The van der Waals surface area contributed by atoms with Crippen LogP contribution in [0.5, 0.6) is 11.5 Å². The second kappa shape index (κ2) is 9.14. The van der Waals surface area contributed by atoms with Crippen LogP contribution in [0.1, 0.15) is 116 Å². The number of hydrogen-bond donors (Lipinski definition) is 2. The maximum atomic E-state index is 13.5. The molecular weight excluding hydrogens is 456 g/mol. The van der Waals surface area contributed by atoms with Gasteiger partial charge in [0, 0.05) is 0 Å². The molecule has 0 atom stereocenters. The molecule has 0 fully saturated rings. The molecule has 2 rings (SSSR count). The smallest absolute Gasteiger partial charge is 0.158 e. The molecule has 2 aromatic rings. The number of phenols is 2. The molecule has 4 nitrogen and oxygen atoms in total. The van der Waals surface area contributed by atoms with Crippen LogP contribution >= 0.6 is 0 Å². The maximum Gasteiger partial charge on any atom is 0.158 e. The highest BCUT2D eigenvalue weighted by Crippen LogP contribution is 2.42. The molecule has 0 radical (unpaired) electrons. The molecule has 2 aromatic carbocycles. The number of rotatable bonds is 4. The molecule has 0 heterocycles. The van der Waals surface area contributed by atoms with Crippen molar-refractivity contribution in [2.75, 3.05) is 0 Å². The highest BCUT2D eigenvalue weighted by molar-refractivity contribution is 7.89. The number of benzene rings is 2. The van der Waals surface area contributed by atoms with E-state index in [1.54, 1.807) is 0 Å². The number of phenolic OH excluding ortho intramolecular Hbond substituents is 2. The first-order chi connectivity index (χ1) is 15.4. The fourth-order valence-electron chi connectivity index (χ4n) is 4.40. The van der Waals surface area contributed by atoms with Crippen molar-refractivity contribution in [2.45, 2.75) is 116 Å². The number of aromatic hydroxyl groups is 2. The van der Waals surface area contributed by atoms with Gasteiger partial charge in [-0.1, -0.05) is 107 Å². The third-order valence-electron chi connectivity index (χ3n) is 6.34. The Morgan fingerprint density at radius 2 is 0.714 bits per heavy atom. The Morgan fingerprint density at radius 1 is 0.514 bits per heavy atom. The monoisotopic (exact) mass is 502 g/mol. The molecule has 0 aromatic heterocycles. The molecule has 0 aliphatic heterocycles. The van der Waals surface area contributed by atoms with E-state index in [0.29, 0.717) is 11.1 Å². The van der Waals surface area contributed by atoms with Gasteiger partial charge in [0.2, 0.25) is 0 Å². The molecule has 0 saturated heterocycles. The van der Waals surface area contributed by atoms with E-state index >= 15 is 0 Å². The van der Waals surface area contributed by atoms with Gasteiger partial charge in [0.05, 0.1) is 11.5 Å². The molecular formula is C30H46O4S. The van der Waals surface area contributed by atoms with E-state index < -0.39 is 9.84 Å². The average molecular weight is 503 g/mol. The Labute approximate surface area is 213 Å². The van der Waals surface area contributed by atoms with Gasteiger partial charge >= 0.3 is 0 Å². The molecule has 5 heteroatoms. The van der Waals surface area contributed by atoms with Crippen molar-refractivity contribution in [1.82, 2.24) is 0 Å². The van der Waals surface area contributed by atoms with Gasteiger partial charge in [-0.2, -0.15) is 0 Å². The maximum absolute atomic E-state index is 13.5. The van der Waals surface area contributed by atoms with Crippen LogP contribution in [0, 0.1) is 0 Å². The Bertz CT molecular complexity index is 1030. The second-order valence-corrected chi connectivity index (χ2v) is 16.2. The number of sulfone groups is 1. The van der Waals surface area contributed by atoms with Gasteiger partial charge in [-0.15, -0.1) is 0 Å². The fraction of sp³-hybridized carbons (Fsp3) is 0.600. The molecule has 0 aliphatic rings. The van der Waals surface area contributed by atoms with E-state index in [1.165, 1.54) is 0 Å². The van der Waals surface area contributed by atoms with Gasteiger partial charge in [-0.3, -0.25) is 0 Å². The lowest BCUT2D eigenvalue weighted by molar-refractivity contribution is 0.422. The Hall–Kier alpha value is -2.01. The molecule has 0 amide bonds. The summed E-state index contributed by atoms with van der Waals surface area (Å²) in [4.78, 5) is 0. The average Bonchev–Trinajstić information content (AvgIpc) is 2.60. The zero-order chi connectivity index (χ0) is 27.4. The first-order valence-corrected chi connectivity index (χ1v) is 14.2. The van der Waals surface area contributed by atoms with E-state index in [9.17, 15) is 18.6 Å². The van der Waals surface area contributed by atoms with Gasteiger partial charge in [0.1, 0.15) is 11.5 Å². The van der Waals surface area contributed by atoms with E-state index in [-0.39, 0.29) is 44.7 Å². The molecule has 2 N–H and O–H groups in total. The van der Waals surface area contributed by atoms with Crippen molar-refractivity contribution >= 4 is 9.84 Å². The first kappa shape index (κ1) is 29.2. The lowest BCUT2D eigenvalue weighted by Gasteiger charge is -2.28. The lowest BCUT2D eigenvalue weighted by Crippen LogP contribution is -2.20. The third kappa shape index (κ3) is 7.03. The van der Waals surface area contributed by atoms with Crippen LogP contribution in [0.4, 0.5) is 0 Å². The normalized spacial score (nSPS) is 13.8. The van der Waals surface area contributed by atoms with E-state index in [2.05, 4.69) is 0 Å². The third-order valence-corrected chi connectivity index (χ3v) is 7.89. The van der Waals surface area contributed by atoms with E-state index in [0.717, 1.165) is 22.3 Å². The Balaban J connectivity index is 2.59. The number of hydrogen-bond acceptors (Lipinski definition) is 4. The van der Waals surface area contributed by atoms with Crippen molar-refractivity contribution in [3.8, 4) is 11.5 Å².